The molecule has 0 bridgehead atoms. The number of fused-ring (bicyclic) bond motifs is 2. The van der Waals surface area contributed by atoms with Gasteiger partial charge in [0.25, 0.3) is 0 Å². The van der Waals surface area contributed by atoms with Gasteiger partial charge in [-0.15, -0.1) is 0 Å². The maximum Gasteiger partial charge on any atom is 0.199 e. The van der Waals surface area contributed by atoms with Crippen LogP contribution in [-0.2, 0) is 5.41 Å². The third-order valence-corrected chi connectivity index (χ3v) is 5.58. The van der Waals surface area contributed by atoms with Crippen LogP contribution in [0.25, 0.3) is 39.4 Å². The molecule has 0 atom stereocenters. The highest BCUT2D eigenvalue weighted by Crippen LogP contribution is 2.31. The largest absolute Gasteiger partial charge is 0.494 e. The zero-order valence-electron chi connectivity index (χ0n) is 18.8. The number of imidazole rings is 1. The molecule has 0 saturated carbocycles. The van der Waals surface area contributed by atoms with Crippen molar-refractivity contribution in [2.45, 2.75) is 33.1 Å². The summed E-state index contributed by atoms with van der Waals surface area (Å²) in [5, 5.41) is 0. The second kappa shape index (κ2) is 7.75. The van der Waals surface area contributed by atoms with E-state index in [1.54, 1.807) is 0 Å². The summed E-state index contributed by atoms with van der Waals surface area (Å²) in [6, 6.07) is 24.5. The van der Waals surface area contributed by atoms with Crippen LogP contribution in [0.5, 0.6) is 5.75 Å². The average Bonchev–Trinajstić information content (AvgIpc) is 3.16. The molecule has 0 aliphatic heterocycles. The number of aromatic nitrogens is 4. The molecule has 32 heavy (non-hydrogen) atoms. The van der Waals surface area contributed by atoms with Crippen LogP contribution in [0.2, 0.25) is 0 Å². The topological polar surface area (TPSA) is 52.8 Å². The van der Waals surface area contributed by atoms with Crippen LogP contribution in [-0.4, -0.2) is 26.1 Å². The van der Waals surface area contributed by atoms with Crippen molar-refractivity contribution in [1.82, 2.24) is 19.5 Å². The number of ether oxygens (including phenoxy) is 1. The summed E-state index contributed by atoms with van der Waals surface area (Å²) in [4.78, 5) is 14.6. The minimum Gasteiger partial charge on any atom is -0.494 e. The first-order valence-corrected chi connectivity index (χ1v) is 10.9. The van der Waals surface area contributed by atoms with Gasteiger partial charge < -0.3 is 4.74 Å². The van der Waals surface area contributed by atoms with Crippen LogP contribution in [0.4, 0.5) is 0 Å². The molecule has 0 saturated heterocycles. The second-order valence-corrected chi connectivity index (χ2v) is 8.88. The van der Waals surface area contributed by atoms with Gasteiger partial charge in [0.2, 0.25) is 0 Å². The zero-order chi connectivity index (χ0) is 22.3. The van der Waals surface area contributed by atoms with E-state index in [0.717, 1.165) is 39.5 Å². The lowest BCUT2D eigenvalue weighted by molar-refractivity contribution is 0.340. The van der Waals surface area contributed by atoms with Crippen molar-refractivity contribution in [3.63, 3.8) is 0 Å². The summed E-state index contributed by atoms with van der Waals surface area (Å²) in [5.41, 5.74) is 6.43. The number of hydrogen-bond acceptors (Lipinski definition) is 4. The maximum atomic E-state index is 5.63. The van der Waals surface area contributed by atoms with Gasteiger partial charge in [-0.3, -0.25) is 4.57 Å². The van der Waals surface area contributed by atoms with E-state index in [0.29, 0.717) is 12.3 Å². The molecular weight excluding hydrogens is 396 g/mol. The number of para-hydroxylation sites is 2. The van der Waals surface area contributed by atoms with E-state index >= 15 is 0 Å². The molecule has 2 aromatic heterocycles. The van der Waals surface area contributed by atoms with Crippen molar-refractivity contribution in [2.24, 2.45) is 0 Å². The third kappa shape index (κ3) is 3.60. The normalized spacial score (nSPS) is 11.9. The SMILES string of the molecule is CCOc1ccc(-n2c(-c3ccc(C(C)(C)C)cc3)nc3nc4ccccc4nc32)cc1. The van der Waals surface area contributed by atoms with Crippen LogP contribution < -0.4 is 4.74 Å². The lowest BCUT2D eigenvalue weighted by Gasteiger charge is -2.19. The van der Waals surface area contributed by atoms with Gasteiger partial charge in [0.1, 0.15) is 11.6 Å². The first-order chi connectivity index (χ1) is 15.4. The van der Waals surface area contributed by atoms with Crippen molar-refractivity contribution in [2.75, 3.05) is 6.61 Å². The van der Waals surface area contributed by atoms with E-state index in [4.69, 9.17) is 19.7 Å². The summed E-state index contributed by atoms with van der Waals surface area (Å²) in [6.45, 7) is 9.28. The van der Waals surface area contributed by atoms with E-state index in [1.807, 2.05) is 55.5 Å². The molecule has 5 aromatic rings. The Morgan fingerprint density at radius 1 is 0.781 bits per heavy atom. The lowest BCUT2D eigenvalue weighted by Crippen LogP contribution is -2.10. The van der Waals surface area contributed by atoms with Crippen molar-refractivity contribution in [3.05, 3.63) is 78.4 Å². The molecule has 0 amide bonds. The maximum absolute atomic E-state index is 5.63. The molecule has 3 aromatic carbocycles. The first kappa shape index (κ1) is 20.2. The zero-order valence-corrected chi connectivity index (χ0v) is 18.8. The molecule has 0 aliphatic rings. The minimum atomic E-state index is 0.0919. The highest BCUT2D eigenvalue weighted by atomic mass is 16.5. The van der Waals surface area contributed by atoms with E-state index < -0.39 is 0 Å². The van der Waals surface area contributed by atoms with Crippen LogP contribution in [0.15, 0.2) is 72.8 Å². The summed E-state index contributed by atoms with van der Waals surface area (Å²) >= 11 is 0. The van der Waals surface area contributed by atoms with Gasteiger partial charge in [0, 0.05) is 11.3 Å². The smallest absolute Gasteiger partial charge is 0.199 e. The summed E-state index contributed by atoms with van der Waals surface area (Å²) in [5.74, 6) is 1.66. The Kier molecular flexibility index (Phi) is 4.89. The highest BCUT2D eigenvalue weighted by Gasteiger charge is 2.19. The van der Waals surface area contributed by atoms with Crippen molar-refractivity contribution in [3.8, 4) is 22.8 Å². The fourth-order valence-electron chi connectivity index (χ4n) is 3.87. The molecular formula is C27H26N4O. The second-order valence-electron chi connectivity index (χ2n) is 8.88. The number of benzene rings is 3. The van der Waals surface area contributed by atoms with Crippen LogP contribution in [0.3, 0.4) is 0 Å². The standard InChI is InChI=1S/C27H26N4O/c1-5-32-21-16-14-20(15-17-21)31-25(18-10-12-19(13-11-18)27(2,3)4)30-24-26(31)29-23-9-7-6-8-22(23)28-24/h6-17H,5H2,1-4H3. The molecule has 2 heterocycles. The third-order valence-electron chi connectivity index (χ3n) is 5.58. The Hall–Kier alpha value is -3.73. The van der Waals surface area contributed by atoms with Crippen molar-refractivity contribution in [1.29, 1.82) is 0 Å². The molecule has 0 fully saturated rings. The highest BCUT2D eigenvalue weighted by molar-refractivity contribution is 5.86. The quantitative estimate of drug-likeness (QED) is 0.339. The van der Waals surface area contributed by atoms with Crippen LogP contribution in [0, 0.1) is 0 Å². The molecule has 0 unspecified atom stereocenters. The molecule has 5 nitrogen and oxygen atoms in total. The molecule has 160 valence electrons. The van der Waals surface area contributed by atoms with Crippen molar-refractivity contribution >= 4 is 22.3 Å². The Labute approximate surface area is 187 Å². The molecule has 0 radical (unpaired) electrons. The fraction of sp³-hybridized carbons (Fsp3) is 0.222. The molecule has 0 aliphatic carbocycles. The lowest BCUT2D eigenvalue weighted by atomic mass is 9.87. The number of hydrogen-bond donors (Lipinski definition) is 0. The van der Waals surface area contributed by atoms with Gasteiger partial charge in [-0.05, 0) is 54.3 Å². The Balaban J connectivity index is 1.74. The molecule has 5 rings (SSSR count). The Bertz CT molecular complexity index is 1390. The Morgan fingerprint density at radius 3 is 2.06 bits per heavy atom. The monoisotopic (exact) mass is 422 g/mol. The molecule has 5 heteroatoms. The van der Waals surface area contributed by atoms with E-state index in [1.165, 1.54) is 5.56 Å². The number of rotatable bonds is 4. The van der Waals surface area contributed by atoms with Gasteiger partial charge in [0.05, 0.1) is 17.6 Å². The number of nitrogens with zero attached hydrogens (tertiary/aromatic N) is 4. The minimum absolute atomic E-state index is 0.0919. The Morgan fingerprint density at radius 2 is 1.44 bits per heavy atom. The van der Waals surface area contributed by atoms with E-state index in [9.17, 15) is 0 Å². The van der Waals surface area contributed by atoms with E-state index in [-0.39, 0.29) is 5.41 Å². The predicted molar refractivity (Wildman–Crippen MR) is 129 cm³/mol. The van der Waals surface area contributed by atoms with Crippen LogP contribution >= 0.6 is 0 Å². The summed E-state index contributed by atoms with van der Waals surface area (Å²) < 4.78 is 7.71. The average molecular weight is 423 g/mol. The fourth-order valence-corrected chi connectivity index (χ4v) is 3.87. The van der Waals surface area contributed by atoms with E-state index in [2.05, 4.69) is 49.6 Å². The summed E-state index contributed by atoms with van der Waals surface area (Å²) in [6.07, 6.45) is 0. The summed E-state index contributed by atoms with van der Waals surface area (Å²) in [7, 11) is 0. The van der Waals surface area contributed by atoms with Gasteiger partial charge in [-0.25, -0.2) is 15.0 Å². The van der Waals surface area contributed by atoms with Gasteiger partial charge >= 0.3 is 0 Å². The molecule has 0 spiro atoms. The van der Waals surface area contributed by atoms with Gasteiger partial charge in [-0.1, -0.05) is 57.2 Å². The predicted octanol–water partition coefficient (Wildman–Crippen LogP) is 6.33. The van der Waals surface area contributed by atoms with Gasteiger partial charge in [0.15, 0.2) is 11.3 Å². The first-order valence-electron chi connectivity index (χ1n) is 10.9. The van der Waals surface area contributed by atoms with Crippen LogP contribution in [0.1, 0.15) is 33.3 Å². The molecule has 0 N–H and O–H groups in total. The van der Waals surface area contributed by atoms with Gasteiger partial charge in [-0.2, -0.15) is 0 Å². The van der Waals surface area contributed by atoms with Crippen molar-refractivity contribution < 1.29 is 4.74 Å².